The van der Waals surface area contributed by atoms with E-state index in [4.69, 9.17) is 0 Å². The Morgan fingerprint density at radius 3 is 2.20 bits per heavy atom. The van der Waals surface area contributed by atoms with Crippen molar-refractivity contribution in [1.82, 2.24) is 0 Å². The zero-order valence-electron chi connectivity index (χ0n) is 9.79. The van der Waals surface area contributed by atoms with E-state index in [1.165, 1.54) is 12.1 Å². The Labute approximate surface area is 91.0 Å². The summed E-state index contributed by atoms with van der Waals surface area (Å²) in [6, 6.07) is 6.58. The molecule has 15 heavy (non-hydrogen) atoms. The van der Waals surface area contributed by atoms with Crippen molar-refractivity contribution in [2.45, 2.75) is 33.7 Å². The van der Waals surface area contributed by atoms with Crippen LogP contribution in [0.1, 0.15) is 39.3 Å². The highest BCUT2D eigenvalue weighted by Gasteiger charge is 2.07. The van der Waals surface area contributed by atoms with Crippen LogP contribution in [0, 0.1) is 11.2 Å². The quantitative estimate of drug-likeness (QED) is 0.650. The lowest BCUT2D eigenvalue weighted by Crippen LogP contribution is -2.07. The van der Waals surface area contributed by atoms with Gasteiger partial charge in [0.2, 0.25) is 0 Å². The van der Waals surface area contributed by atoms with Crippen LogP contribution < -0.4 is 0 Å². The van der Waals surface area contributed by atoms with Gasteiger partial charge in [-0.1, -0.05) is 32.9 Å². The van der Waals surface area contributed by atoms with Gasteiger partial charge in [-0.2, -0.15) is 0 Å². The summed E-state index contributed by atoms with van der Waals surface area (Å²) < 4.78 is 12.7. The van der Waals surface area contributed by atoms with Gasteiger partial charge in [0.25, 0.3) is 0 Å². The molecule has 0 spiro atoms. The van der Waals surface area contributed by atoms with Gasteiger partial charge in [0.05, 0.1) is 6.04 Å². The predicted octanol–water partition coefficient (Wildman–Crippen LogP) is 4.00. The molecule has 82 valence electrons. The minimum Gasteiger partial charge on any atom is -0.289 e. The molecule has 1 nitrogen and oxygen atoms in total. The summed E-state index contributed by atoms with van der Waals surface area (Å²) in [6.07, 6.45) is 1.95. The highest BCUT2D eigenvalue weighted by molar-refractivity contribution is 5.64. The van der Waals surface area contributed by atoms with Crippen molar-refractivity contribution in [3.05, 3.63) is 35.6 Å². The second-order valence-corrected chi connectivity index (χ2v) is 4.87. The Bertz CT molecular complexity index is 333. The van der Waals surface area contributed by atoms with E-state index in [-0.39, 0.29) is 17.3 Å². The van der Waals surface area contributed by atoms with E-state index in [1.54, 1.807) is 12.1 Å². The van der Waals surface area contributed by atoms with Crippen molar-refractivity contribution in [3.63, 3.8) is 0 Å². The summed E-state index contributed by atoms with van der Waals surface area (Å²) in [5, 5.41) is 0. The Hall–Kier alpha value is -1.18. The summed E-state index contributed by atoms with van der Waals surface area (Å²) >= 11 is 0. The third-order valence-corrected chi connectivity index (χ3v) is 2.04. The summed E-state index contributed by atoms with van der Waals surface area (Å²) in [5.74, 6) is -0.203. The Morgan fingerprint density at radius 2 is 1.73 bits per heavy atom. The Morgan fingerprint density at radius 1 is 1.20 bits per heavy atom. The molecule has 0 saturated heterocycles. The Balaban J connectivity index is 2.73. The summed E-state index contributed by atoms with van der Waals surface area (Å²) in [4.78, 5) is 4.45. The van der Waals surface area contributed by atoms with Crippen molar-refractivity contribution in [1.29, 1.82) is 0 Å². The van der Waals surface area contributed by atoms with Crippen LogP contribution in [0.2, 0.25) is 0 Å². The molecule has 0 heterocycles. The van der Waals surface area contributed by atoms with Crippen molar-refractivity contribution in [3.8, 4) is 0 Å². The molecule has 0 amide bonds. The SMILES string of the molecule is CC(/N=C/C(C)(C)C)c1ccc(F)cc1. The van der Waals surface area contributed by atoms with E-state index in [2.05, 4.69) is 25.8 Å². The maximum atomic E-state index is 12.7. The fourth-order valence-electron chi connectivity index (χ4n) is 1.16. The van der Waals surface area contributed by atoms with Crippen LogP contribution >= 0.6 is 0 Å². The first-order valence-corrected chi connectivity index (χ1v) is 5.18. The van der Waals surface area contributed by atoms with E-state index in [0.29, 0.717) is 0 Å². The maximum absolute atomic E-state index is 12.7. The standard InChI is InChI=1S/C13H18FN/c1-10(15-9-13(2,3)4)11-5-7-12(14)8-6-11/h5-10H,1-4H3/b15-9+. The zero-order chi connectivity index (χ0) is 11.5. The minimum absolute atomic E-state index is 0.0878. The minimum atomic E-state index is -0.203. The van der Waals surface area contributed by atoms with Crippen LogP contribution in [0.15, 0.2) is 29.3 Å². The second kappa shape index (κ2) is 4.56. The van der Waals surface area contributed by atoms with Crippen molar-refractivity contribution in [2.75, 3.05) is 0 Å². The topological polar surface area (TPSA) is 12.4 Å². The van der Waals surface area contributed by atoms with Gasteiger partial charge in [-0.15, -0.1) is 0 Å². The van der Waals surface area contributed by atoms with Gasteiger partial charge < -0.3 is 0 Å². The largest absolute Gasteiger partial charge is 0.289 e. The molecule has 1 atom stereocenters. The number of nitrogens with zero attached hydrogens (tertiary/aromatic N) is 1. The molecular weight excluding hydrogens is 189 g/mol. The van der Waals surface area contributed by atoms with Crippen LogP contribution in [0.25, 0.3) is 0 Å². The van der Waals surface area contributed by atoms with Crippen LogP contribution in [0.5, 0.6) is 0 Å². The molecule has 0 aliphatic carbocycles. The lowest BCUT2D eigenvalue weighted by molar-refractivity contribution is 0.598. The average molecular weight is 207 g/mol. The first kappa shape index (κ1) is 11.9. The van der Waals surface area contributed by atoms with Crippen LogP contribution in [0.3, 0.4) is 0 Å². The van der Waals surface area contributed by atoms with Crippen LogP contribution in [-0.4, -0.2) is 6.21 Å². The van der Waals surface area contributed by atoms with E-state index >= 15 is 0 Å². The molecule has 0 radical (unpaired) electrons. The summed E-state index contributed by atoms with van der Waals surface area (Å²) in [7, 11) is 0. The second-order valence-electron chi connectivity index (χ2n) is 4.87. The fourth-order valence-corrected chi connectivity index (χ4v) is 1.16. The third-order valence-electron chi connectivity index (χ3n) is 2.04. The zero-order valence-corrected chi connectivity index (χ0v) is 9.79. The van der Waals surface area contributed by atoms with Gasteiger partial charge in [-0.05, 0) is 30.0 Å². The lowest BCUT2D eigenvalue weighted by Gasteiger charge is -2.13. The molecular formula is C13H18FN. The first-order valence-electron chi connectivity index (χ1n) is 5.18. The van der Waals surface area contributed by atoms with Crippen molar-refractivity contribution < 1.29 is 4.39 Å². The van der Waals surface area contributed by atoms with Crippen LogP contribution in [0.4, 0.5) is 4.39 Å². The normalized spacial score (nSPS) is 14.5. The molecule has 0 fully saturated rings. The van der Waals surface area contributed by atoms with Crippen molar-refractivity contribution in [2.24, 2.45) is 10.4 Å². The molecule has 0 aliphatic heterocycles. The Kier molecular flexibility index (Phi) is 3.61. The summed E-state index contributed by atoms with van der Waals surface area (Å²) in [5.41, 5.74) is 1.13. The molecule has 0 aliphatic rings. The number of hydrogen-bond acceptors (Lipinski definition) is 1. The van der Waals surface area contributed by atoms with Gasteiger partial charge >= 0.3 is 0 Å². The van der Waals surface area contributed by atoms with Gasteiger partial charge in [-0.3, -0.25) is 4.99 Å². The van der Waals surface area contributed by atoms with E-state index < -0.39 is 0 Å². The van der Waals surface area contributed by atoms with E-state index in [1.807, 2.05) is 13.1 Å². The first-order chi connectivity index (χ1) is 6.88. The average Bonchev–Trinajstić information content (AvgIpc) is 2.14. The monoisotopic (exact) mass is 207 g/mol. The van der Waals surface area contributed by atoms with Gasteiger partial charge in [0.1, 0.15) is 5.82 Å². The van der Waals surface area contributed by atoms with Gasteiger partial charge in [0.15, 0.2) is 0 Å². The molecule has 0 saturated carbocycles. The number of hydrogen-bond donors (Lipinski definition) is 0. The number of halogens is 1. The number of rotatable bonds is 2. The molecule has 1 aromatic rings. The number of aliphatic imine (C=N–C) groups is 1. The molecule has 1 aromatic carbocycles. The van der Waals surface area contributed by atoms with E-state index in [9.17, 15) is 4.39 Å². The maximum Gasteiger partial charge on any atom is 0.123 e. The predicted molar refractivity (Wildman–Crippen MR) is 62.8 cm³/mol. The lowest BCUT2D eigenvalue weighted by atomic mass is 9.99. The van der Waals surface area contributed by atoms with Crippen molar-refractivity contribution >= 4 is 6.21 Å². The number of benzene rings is 1. The molecule has 0 aromatic heterocycles. The smallest absolute Gasteiger partial charge is 0.123 e. The van der Waals surface area contributed by atoms with Gasteiger partial charge in [0, 0.05) is 6.21 Å². The highest BCUT2D eigenvalue weighted by Crippen LogP contribution is 2.18. The molecule has 0 bridgehead atoms. The molecule has 2 heteroatoms. The van der Waals surface area contributed by atoms with Gasteiger partial charge in [-0.25, -0.2) is 4.39 Å². The van der Waals surface area contributed by atoms with Crippen LogP contribution in [-0.2, 0) is 0 Å². The molecule has 1 rings (SSSR count). The third kappa shape index (κ3) is 4.24. The summed E-state index contributed by atoms with van der Waals surface area (Å²) in [6.45, 7) is 8.32. The highest BCUT2D eigenvalue weighted by atomic mass is 19.1. The molecule has 1 unspecified atom stereocenters. The fraction of sp³-hybridized carbons (Fsp3) is 0.462. The van der Waals surface area contributed by atoms with E-state index in [0.717, 1.165) is 5.56 Å². The molecule has 0 N–H and O–H groups in total.